The first kappa shape index (κ1) is 18.0. The van der Waals surface area contributed by atoms with Gasteiger partial charge in [-0.2, -0.15) is 0 Å². The predicted molar refractivity (Wildman–Crippen MR) is 113 cm³/mol. The minimum atomic E-state index is -0.274. The van der Waals surface area contributed by atoms with Gasteiger partial charge in [0.1, 0.15) is 0 Å². The Hall–Kier alpha value is -2.42. The average molecular weight is 357 g/mol. The molecule has 27 heavy (non-hydrogen) atoms. The van der Waals surface area contributed by atoms with E-state index < -0.39 is 0 Å². The molecular formula is C25H28N2. The fraction of sp³-hybridized carbons (Fsp3) is 0.280. The van der Waals surface area contributed by atoms with Crippen molar-refractivity contribution in [2.24, 2.45) is 11.7 Å². The van der Waals surface area contributed by atoms with Crippen LogP contribution in [0.5, 0.6) is 0 Å². The molecule has 1 heterocycles. The van der Waals surface area contributed by atoms with E-state index in [-0.39, 0.29) is 5.54 Å². The van der Waals surface area contributed by atoms with Gasteiger partial charge in [0, 0.05) is 0 Å². The van der Waals surface area contributed by atoms with Crippen LogP contribution in [0.15, 0.2) is 91.0 Å². The van der Waals surface area contributed by atoms with Gasteiger partial charge in [0.05, 0.1) is 5.54 Å². The van der Waals surface area contributed by atoms with Crippen LogP contribution in [0.25, 0.3) is 0 Å². The normalized spacial score (nSPS) is 16.3. The Bertz CT molecular complexity index is 725. The van der Waals surface area contributed by atoms with Crippen LogP contribution in [0.3, 0.4) is 0 Å². The molecule has 138 valence electrons. The van der Waals surface area contributed by atoms with Crippen LogP contribution >= 0.6 is 0 Å². The topological polar surface area (TPSA) is 29.3 Å². The molecule has 4 rings (SSSR count). The van der Waals surface area contributed by atoms with Gasteiger partial charge in [-0.05, 0) is 55.1 Å². The van der Waals surface area contributed by atoms with E-state index in [1.807, 2.05) is 0 Å². The predicted octanol–water partition coefficient (Wildman–Crippen LogP) is 4.65. The summed E-state index contributed by atoms with van der Waals surface area (Å²) in [7, 11) is 0. The number of hydrogen-bond donors (Lipinski definition) is 1. The second-order valence-corrected chi connectivity index (χ2v) is 7.47. The largest absolute Gasteiger partial charge is 0.330 e. The van der Waals surface area contributed by atoms with E-state index in [1.54, 1.807) is 0 Å². The highest BCUT2D eigenvalue weighted by Gasteiger charge is 2.43. The van der Waals surface area contributed by atoms with Gasteiger partial charge in [-0.3, -0.25) is 4.90 Å². The molecule has 0 aromatic heterocycles. The van der Waals surface area contributed by atoms with Crippen LogP contribution in [0.1, 0.15) is 29.5 Å². The van der Waals surface area contributed by atoms with Crippen LogP contribution in [0, 0.1) is 5.92 Å². The van der Waals surface area contributed by atoms with Gasteiger partial charge in [0.2, 0.25) is 0 Å². The molecule has 1 aliphatic heterocycles. The summed E-state index contributed by atoms with van der Waals surface area (Å²) >= 11 is 0. The molecule has 0 bridgehead atoms. The molecule has 0 amide bonds. The third kappa shape index (κ3) is 3.31. The molecule has 1 aliphatic rings. The molecule has 0 spiro atoms. The molecule has 0 saturated carbocycles. The molecule has 3 aromatic carbocycles. The number of hydrogen-bond acceptors (Lipinski definition) is 2. The molecular weight excluding hydrogens is 328 g/mol. The Labute approximate surface area is 162 Å². The Balaban J connectivity index is 1.93. The lowest BCUT2D eigenvalue weighted by atomic mass is 9.74. The number of likely N-dealkylation sites (tertiary alicyclic amines) is 1. The van der Waals surface area contributed by atoms with Gasteiger partial charge >= 0.3 is 0 Å². The van der Waals surface area contributed by atoms with Gasteiger partial charge < -0.3 is 5.73 Å². The van der Waals surface area contributed by atoms with Crippen LogP contribution < -0.4 is 5.73 Å². The van der Waals surface area contributed by atoms with Gasteiger partial charge in [0.15, 0.2) is 0 Å². The summed E-state index contributed by atoms with van der Waals surface area (Å²) < 4.78 is 0. The van der Waals surface area contributed by atoms with E-state index >= 15 is 0 Å². The Morgan fingerprint density at radius 1 is 0.667 bits per heavy atom. The van der Waals surface area contributed by atoms with Crippen molar-refractivity contribution in [1.82, 2.24) is 4.90 Å². The summed E-state index contributed by atoms with van der Waals surface area (Å²) in [6.07, 6.45) is 2.31. The number of benzene rings is 3. The number of rotatable bonds is 5. The zero-order chi connectivity index (χ0) is 18.5. The van der Waals surface area contributed by atoms with Gasteiger partial charge in [-0.25, -0.2) is 0 Å². The van der Waals surface area contributed by atoms with E-state index in [0.717, 1.165) is 32.5 Å². The van der Waals surface area contributed by atoms with Crippen molar-refractivity contribution in [3.8, 4) is 0 Å². The first-order chi connectivity index (χ1) is 13.4. The molecule has 3 aromatic rings. The SMILES string of the molecule is NCC1CCN(C(c2ccccc2)(c2ccccc2)c2ccccc2)CC1. The minimum Gasteiger partial charge on any atom is -0.330 e. The fourth-order valence-electron chi connectivity index (χ4n) is 4.59. The summed E-state index contributed by atoms with van der Waals surface area (Å²) in [6.45, 7) is 2.91. The summed E-state index contributed by atoms with van der Waals surface area (Å²) in [5, 5.41) is 0. The molecule has 0 radical (unpaired) electrons. The smallest absolute Gasteiger partial charge is 0.0972 e. The van der Waals surface area contributed by atoms with Crippen molar-refractivity contribution < 1.29 is 0 Å². The number of nitrogens with zero attached hydrogens (tertiary/aromatic N) is 1. The molecule has 2 heteroatoms. The summed E-state index contributed by atoms with van der Waals surface area (Å²) in [5.74, 6) is 0.640. The van der Waals surface area contributed by atoms with E-state index in [1.165, 1.54) is 16.7 Å². The number of piperidine rings is 1. The summed E-state index contributed by atoms with van der Waals surface area (Å²) in [6, 6.07) is 32.9. The highest BCUT2D eigenvalue weighted by Crippen LogP contribution is 2.43. The monoisotopic (exact) mass is 356 g/mol. The number of nitrogens with two attached hydrogens (primary N) is 1. The van der Waals surface area contributed by atoms with Crippen molar-refractivity contribution in [1.29, 1.82) is 0 Å². The highest BCUT2D eigenvalue weighted by molar-refractivity contribution is 5.49. The first-order valence-corrected chi connectivity index (χ1v) is 9.97. The maximum atomic E-state index is 5.97. The lowest BCUT2D eigenvalue weighted by Crippen LogP contribution is -2.51. The zero-order valence-electron chi connectivity index (χ0n) is 15.8. The zero-order valence-corrected chi connectivity index (χ0v) is 15.8. The molecule has 0 unspecified atom stereocenters. The lowest BCUT2D eigenvalue weighted by Gasteiger charge is -2.48. The third-order valence-electron chi connectivity index (χ3n) is 6.00. The van der Waals surface area contributed by atoms with Crippen molar-refractivity contribution in [3.63, 3.8) is 0 Å². The Morgan fingerprint density at radius 3 is 1.37 bits per heavy atom. The maximum Gasteiger partial charge on any atom is 0.0972 e. The van der Waals surface area contributed by atoms with Crippen LogP contribution in [0.2, 0.25) is 0 Å². The maximum absolute atomic E-state index is 5.97. The van der Waals surface area contributed by atoms with Crippen molar-refractivity contribution in [3.05, 3.63) is 108 Å². The van der Waals surface area contributed by atoms with Crippen molar-refractivity contribution >= 4 is 0 Å². The van der Waals surface area contributed by atoms with Crippen LogP contribution in [-0.2, 0) is 5.54 Å². The molecule has 0 atom stereocenters. The second kappa shape index (κ2) is 8.08. The lowest BCUT2D eigenvalue weighted by molar-refractivity contribution is 0.104. The molecule has 2 N–H and O–H groups in total. The Kier molecular flexibility index (Phi) is 5.38. The van der Waals surface area contributed by atoms with Crippen LogP contribution in [0.4, 0.5) is 0 Å². The third-order valence-corrected chi connectivity index (χ3v) is 6.00. The fourth-order valence-corrected chi connectivity index (χ4v) is 4.59. The summed E-state index contributed by atoms with van der Waals surface area (Å²) in [5.41, 5.74) is 9.68. The van der Waals surface area contributed by atoms with E-state index in [9.17, 15) is 0 Å². The highest BCUT2D eigenvalue weighted by atomic mass is 15.2. The standard InChI is InChI=1S/C25H28N2/c26-20-21-16-18-27(19-17-21)25(22-10-4-1-5-11-22,23-12-6-2-7-13-23)24-14-8-3-9-15-24/h1-15,21H,16-20,26H2. The molecule has 2 nitrogen and oxygen atoms in total. The molecule has 0 aliphatic carbocycles. The van der Waals surface area contributed by atoms with E-state index in [0.29, 0.717) is 5.92 Å². The van der Waals surface area contributed by atoms with E-state index in [4.69, 9.17) is 5.73 Å². The molecule has 1 saturated heterocycles. The first-order valence-electron chi connectivity index (χ1n) is 9.97. The quantitative estimate of drug-likeness (QED) is 0.674. The minimum absolute atomic E-state index is 0.274. The summed E-state index contributed by atoms with van der Waals surface area (Å²) in [4.78, 5) is 2.67. The van der Waals surface area contributed by atoms with Crippen molar-refractivity contribution in [2.45, 2.75) is 18.4 Å². The second-order valence-electron chi connectivity index (χ2n) is 7.47. The van der Waals surface area contributed by atoms with Crippen LogP contribution in [-0.4, -0.2) is 24.5 Å². The average Bonchev–Trinajstić information content (AvgIpc) is 2.77. The van der Waals surface area contributed by atoms with Crippen molar-refractivity contribution in [2.75, 3.05) is 19.6 Å². The van der Waals surface area contributed by atoms with Gasteiger partial charge in [-0.1, -0.05) is 91.0 Å². The Morgan fingerprint density at radius 2 is 1.04 bits per heavy atom. The molecule has 1 fully saturated rings. The van der Waals surface area contributed by atoms with Gasteiger partial charge in [0.25, 0.3) is 0 Å². The van der Waals surface area contributed by atoms with E-state index in [2.05, 4.69) is 95.9 Å². The van der Waals surface area contributed by atoms with Gasteiger partial charge in [-0.15, -0.1) is 0 Å².